The van der Waals surface area contributed by atoms with E-state index in [4.69, 9.17) is 0 Å². The predicted octanol–water partition coefficient (Wildman–Crippen LogP) is 7.21. The molecule has 0 spiro atoms. The monoisotopic (exact) mass is 353 g/mol. The standard InChI is InChI=1S/C26H27N/c1-4-18(2)26(23-15-9-10-16-25(23)27-3)24-17-19-11-5-6-12-20(19)21-13-7-8-14-22(21)24/h5-18,26-27H,4H2,1-3H3. The van der Waals surface area contributed by atoms with Gasteiger partial charge in [-0.1, -0.05) is 87.0 Å². The molecule has 0 saturated carbocycles. The highest BCUT2D eigenvalue weighted by atomic mass is 14.8. The normalized spacial score (nSPS) is 13.6. The zero-order chi connectivity index (χ0) is 18.8. The highest BCUT2D eigenvalue weighted by Crippen LogP contribution is 2.42. The van der Waals surface area contributed by atoms with E-state index >= 15 is 0 Å². The van der Waals surface area contributed by atoms with Gasteiger partial charge in [-0.3, -0.25) is 0 Å². The van der Waals surface area contributed by atoms with Gasteiger partial charge < -0.3 is 5.32 Å². The summed E-state index contributed by atoms with van der Waals surface area (Å²) < 4.78 is 0. The molecule has 0 heterocycles. The van der Waals surface area contributed by atoms with Crippen LogP contribution in [0.5, 0.6) is 0 Å². The van der Waals surface area contributed by atoms with E-state index in [1.54, 1.807) is 0 Å². The highest BCUT2D eigenvalue weighted by molar-refractivity contribution is 6.09. The Morgan fingerprint density at radius 1 is 0.741 bits per heavy atom. The molecule has 2 unspecified atom stereocenters. The molecule has 0 amide bonds. The van der Waals surface area contributed by atoms with Gasteiger partial charge in [0.2, 0.25) is 0 Å². The van der Waals surface area contributed by atoms with Gasteiger partial charge in [0.05, 0.1) is 0 Å². The molecule has 0 aromatic heterocycles. The number of fused-ring (bicyclic) bond motifs is 3. The fourth-order valence-electron chi connectivity index (χ4n) is 4.35. The molecule has 0 bridgehead atoms. The molecule has 136 valence electrons. The molecule has 4 aromatic rings. The van der Waals surface area contributed by atoms with Crippen molar-refractivity contribution in [3.05, 3.63) is 90.0 Å². The highest BCUT2D eigenvalue weighted by Gasteiger charge is 2.25. The average molecular weight is 354 g/mol. The van der Waals surface area contributed by atoms with Crippen LogP contribution in [0, 0.1) is 5.92 Å². The van der Waals surface area contributed by atoms with Crippen LogP contribution in [0.2, 0.25) is 0 Å². The molecule has 0 radical (unpaired) electrons. The van der Waals surface area contributed by atoms with Crippen LogP contribution in [-0.2, 0) is 0 Å². The van der Waals surface area contributed by atoms with Gasteiger partial charge >= 0.3 is 0 Å². The summed E-state index contributed by atoms with van der Waals surface area (Å²) in [4.78, 5) is 0. The van der Waals surface area contributed by atoms with Gasteiger partial charge in [0.1, 0.15) is 0 Å². The Bertz CT molecular complexity index is 1080. The molecule has 0 fully saturated rings. The number of hydrogen-bond acceptors (Lipinski definition) is 1. The van der Waals surface area contributed by atoms with Gasteiger partial charge in [0, 0.05) is 18.7 Å². The van der Waals surface area contributed by atoms with Crippen molar-refractivity contribution < 1.29 is 0 Å². The van der Waals surface area contributed by atoms with E-state index < -0.39 is 0 Å². The fraction of sp³-hybridized carbons (Fsp3) is 0.231. The second kappa shape index (κ2) is 7.44. The summed E-state index contributed by atoms with van der Waals surface area (Å²) in [5, 5.41) is 8.78. The van der Waals surface area contributed by atoms with Crippen molar-refractivity contribution >= 4 is 27.2 Å². The van der Waals surface area contributed by atoms with Crippen LogP contribution < -0.4 is 5.32 Å². The molecular formula is C26H27N. The molecule has 0 saturated heterocycles. The topological polar surface area (TPSA) is 12.0 Å². The minimum absolute atomic E-state index is 0.355. The van der Waals surface area contributed by atoms with Gasteiger partial charge in [0.15, 0.2) is 0 Å². The number of nitrogens with one attached hydrogen (secondary N) is 1. The first-order valence-corrected chi connectivity index (χ1v) is 9.91. The van der Waals surface area contributed by atoms with E-state index in [9.17, 15) is 0 Å². The van der Waals surface area contributed by atoms with Crippen LogP contribution in [0.15, 0.2) is 78.9 Å². The van der Waals surface area contributed by atoms with E-state index in [1.807, 2.05) is 7.05 Å². The van der Waals surface area contributed by atoms with E-state index in [-0.39, 0.29) is 0 Å². The van der Waals surface area contributed by atoms with Gasteiger partial charge in [-0.15, -0.1) is 0 Å². The van der Waals surface area contributed by atoms with Crippen molar-refractivity contribution in [3.8, 4) is 0 Å². The third-order valence-electron chi connectivity index (χ3n) is 5.91. The van der Waals surface area contributed by atoms with Crippen LogP contribution in [-0.4, -0.2) is 7.05 Å². The summed E-state index contributed by atoms with van der Waals surface area (Å²) in [6.45, 7) is 4.67. The smallest absolute Gasteiger partial charge is 0.0376 e. The molecule has 4 aromatic carbocycles. The average Bonchev–Trinajstić information content (AvgIpc) is 2.74. The lowest BCUT2D eigenvalue weighted by molar-refractivity contribution is 0.499. The Kier molecular flexibility index (Phi) is 4.85. The quantitative estimate of drug-likeness (QED) is 0.374. The molecule has 0 aliphatic carbocycles. The second-order valence-corrected chi connectivity index (χ2v) is 7.43. The van der Waals surface area contributed by atoms with Crippen LogP contribution in [0.25, 0.3) is 21.5 Å². The van der Waals surface area contributed by atoms with Gasteiger partial charge in [-0.2, -0.15) is 0 Å². The first-order chi connectivity index (χ1) is 13.2. The number of hydrogen-bond donors (Lipinski definition) is 1. The summed E-state index contributed by atoms with van der Waals surface area (Å²) in [5.74, 6) is 0.900. The lowest BCUT2D eigenvalue weighted by Crippen LogP contribution is -2.13. The number of rotatable bonds is 5. The van der Waals surface area contributed by atoms with Crippen LogP contribution in [0.4, 0.5) is 5.69 Å². The molecule has 27 heavy (non-hydrogen) atoms. The van der Waals surface area contributed by atoms with Crippen LogP contribution >= 0.6 is 0 Å². The SMILES string of the molecule is CCC(C)C(c1ccccc1NC)c1cc2ccccc2c2ccccc12. The molecule has 0 aliphatic rings. The molecule has 1 heteroatoms. The summed E-state index contributed by atoms with van der Waals surface area (Å²) in [5.41, 5.74) is 4.04. The summed E-state index contributed by atoms with van der Waals surface area (Å²) >= 11 is 0. The first-order valence-electron chi connectivity index (χ1n) is 9.91. The molecule has 1 N–H and O–H groups in total. The maximum absolute atomic E-state index is 3.41. The van der Waals surface area contributed by atoms with Crippen molar-refractivity contribution in [1.82, 2.24) is 0 Å². The predicted molar refractivity (Wildman–Crippen MR) is 119 cm³/mol. The number of benzene rings is 4. The van der Waals surface area contributed by atoms with Crippen LogP contribution in [0.1, 0.15) is 37.3 Å². The Morgan fingerprint density at radius 3 is 2.11 bits per heavy atom. The largest absolute Gasteiger partial charge is 0.388 e. The number of anilines is 1. The van der Waals surface area contributed by atoms with Crippen molar-refractivity contribution in [1.29, 1.82) is 0 Å². The Labute approximate surface area is 162 Å². The van der Waals surface area contributed by atoms with Gasteiger partial charge in [-0.25, -0.2) is 0 Å². The van der Waals surface area contributed by atoms with E-state index in [2.05, 4.69) is 98.0 Å². The van der Waals surface area contributed by atoms with Crippen molar-refractivity contribution in [2.75, 3.05) is 12.4 Å². The van der Waals surface area contributed by atoms with Crippen molar-refractivity contribution in [3.63, 3.8) is 0 Å². The van der Waals surface area contributed by atoms with E-state index in [0.29, 0.717) is 11.8 Å². The molecular weight excluding hydrogens is 326 g/mol. The molecule has 2 atom stereocenters. The Balaban J connectivity index is 2.06. The third kappa shape index (κ3) is 3.08. The maximum Gasteiger partial charge on any atom is 0.0376 e. The van der Waals surface area contributed by atoms with Gasteiger partial charge in [0.25, 0.3) is 0 Å². The minimum atomic E-state index is 0.355. The van der Waals surface area contributed by atoms with E-state index in [1.165, 1.54) is 38.4 Å². The lowest BCUT2D eigenvalue weighted by Gasteiger charge is -2.28. The summed E-state index contributed by atoms with van der Waals surface area (Å²) in [6.07, 6.45) is 1.14. The van der Waals surface area contributed by atoms with E-state index in [0.717, 1.165) is 6.42 Å². The zero-order valence-corrected chi connectivity index (χ0v) is 16.4. The number of para-hydroxylation sites is 1. The lowest BCUT2D eigenvalue weighted by atomic mass is 9.77. The zero-order valence-electron chi connectivity index (χ0n) is 16.4. The Morgan fingerprint density at radius 2 is 1.37 bits per heavy atom. The fourth-order valence-corrected chi connectivity index (χ4v) is 4.35. The van der Waals surface area contributed by atoms with Crippen molar-refractivity contribution in [2.45, 2.75) is 26.2 Å². The summed E-state index contributed by atoms with van der Waals surface area (Å²) in [7, 11) is 2.02. The molecule has 4 rings (SSSR count). The first kappa shape index (κ1) is 17.6. The van der Waals surface area contributed by atoms with Gasteiger partial charge in [-0.05, 0) is 50.7 Å². The molecule has 1 nitrogen and oxygen atoms in total. The Hall–Kier alpha value is -2.80. The third-order valence-corrected chi connectivity index (χ3v) is 5.91. The van der Waals surface area contributed by atoms with Crippen molar-refractivity contribution in [2.24, 2.45) is 5.92 Å². The minimum Gasteiger partial charge on any atom is -0.388 e. The molecule has 0 aliphatic heterocycles. The maximum atomic E-state index is 3.41. The summed E-state index contributed by atoms with van der Waals surface area (Å²) in [6, 6.07) is 28.8. The second-order valence-electron chi connectivity index (χ2n) is 7.43. The van der Waals surface area contributed by atoms with Crippen LogP contribution in [0.3, 0.4) is 0 Å².